The lowest BCUT2D eigenvalue weighted by Gasteiger charge is -2.00. The van der Waals surface area contributed by atoms with E-state index in [4.69, 9.17) is 5.73 Å². The quantitative estimate of drug-likeness (QED) is 0.654. The Labute approximate surface area is 101 Å². The third kappa shape index (κ3) is 2.53. The first-order chi connectivity index (χ1) is 8.06. The van der Waals surface area contributed by atoms with Crippen molar-refractivity contribution in [2.24, 2.45) is 7.05 Å². The molecule has 0 amide bonds. The number of rotatable bonds is 3. The van der Waals surface area contributed by atoms with Gasteiger partial charge < -0.3 is 5.73 Å². The van der Waals surface area contributed by atoms with Crippen molar-refractivity contribution < 1.29 is 4.92 Å². The smallest absolute Gasteiger partial charge is 0.301 e. The van der Waals surface area contributed by atoms with Crippen LogP contribution in [0.15, 0.2) is 34.4 Å². The Hall–Kier alpha value is -2.09. The van der Waals surface area contributed by atoms with Gasteiger partial charge in [-0.15, -0.1) is 0 Å². The zero-order chi connectivity index (χ0) is 12.4. The summed E-state index contributed by atoms with van der Waals surface area (Å²) in [5.41, 5.74) is 5.46. The van der Waals surface area contributed by atoms with Crippen LogP contribution in [0.3, 0.4) is 0 Å². The molecular weight excluding hydrogens is 242 g/mol. The van der Waals surface area contributed by atoms with Gasteiger partial charge >= 0.3 is 5.69 Å². The summed E-state index contributed by atoms with van der Waals surface area (Å²) in [7, 11) is 1.77. The molecule has 0 unspecified atom stereocenters. The van der Waals surface area contributed by atoms with E-state index < -0.39 is 4.92 Å². The van der Waals surface area contributed by atoms with Crippen molar-refractivity contribution in [1.29, 1.82) is 0 Å². The molecule has 0 aliphatic rings. The summed E-state index contributed by atoms with van der Waals surface area (Å²) in [4.78, 5) is 15.1. The Morgan fingerprint density at radius 2 is 2.29 bits per heavy atom. The van der Waals surface area contributed by atoms with Gasteiger partial charge in [0.15, 0.2) is 5.03 Å². The molecule has 8 heteroatoms. The maximum atomic E-state index is 10.8. The molecule has 2 aromatic heterocycles. The third-order valence-corrected chi connectivity index (χ3v) is 2.89. The second-order valence-corrected chi connectivity index (χ2v) is 4.33. The van der Waals surface area contributed by atoms with E-state index in [-0.39, 0.29) is 16.5 Å². The summed E-state index contributed by atoms with van der Waals surface area (Å²) in [6.07, 6.45) is 3.36. The minimum Gasteiger partial charge on any atom is -0.384 e. The van der Waals surface area contributed by atoms with E-state index in [2.05, 4.69) is 10.1 Å². The van der Waals surface area contributed by atoms with Gasteiger partial charge in [-0.2, -0.15) is 5.10 Å². The molecule has 7 nitrogen and oxygen atoms in total. The van der Waals surface area contributed by atoms with E-state index in [1.807, 2.05) is 0 Å². The van der Waals surface area contributed by atoms with Crippen molar-refractivity contribution in [1.82, 2.24) is 14.8 Å². The molecule has 0 aliphatic carbocycles. The third-order valence-electron chi connectivity index (χ3n) is 1.95. The molecule has 0 spiro atoms. The number of aromatic nitrogens is 3. The highest BCUT2D eigenvalue weighted by molar-refractivity contribution is 7.99. The highest BCUT2D eigenvalue weighted by Gasteiger charge is 2.17. The summed E-state index contributed by atoms with van der Waals surface area (Å²) in [5, 5.41) is 15.1. The molecule has 0 atom stereocenters. The number of pyridine rings is 1. The van der Waals surface area contributed by atoms with Crippen LogP contribution in [-0.4, -0.2) is 19.7 Å². The average Bonchev–Trinajstić information content (AvgIpc) is 2.63. The standard InChI is InChI=1S/C9H9N5O2S/c1-13-5-6(4-11-13)17-9-7(14(15)16)2-3-8(10)12-9/h2-5H,1H3,(H2,10,12). The normalized spacial score (nSPS) is 10.4. The molecule has 0 saturated carbocycles. The van der Waals surface area contributed by atoms with Crippen LogP contribution in [0.25, 0.3) is 0 Å². The lowest BCUT2D eigenvalue weighted by atomic mass is 10.4. The second kappa shape index (κ2) is 4.42. The highest BCUT2D eigenvalue weighted by atomic mass is 32.2. The van der Waals surface area contributed by atoms with Crippen LogP contribution in [-0.2, 0) is 7.05 Å². The van der Waals surface area contributed by atoms with Crippen molar-refractivity contribution >= 4 is 23.3 Å². The SMILES string of the molecule is Cn1cc(Sc2nc(N)ccc2[N+](=O)[O-])cn1. The van der Waals surface area contributed by atoms with E-state index in [1.165, 1.54) is 12.1 Å². The first-order valence-corrected chi connectivity index (χ1v) is 5.45. The highest BCUT2D eigenvalue weighted by Crippen LogP contribution is 2.33. The number of nitro groups is 1. The average molecular weight is 251 g/mol. The van der Waals surface area contributed by atoms with Crippen molar-refractivity contribution in [3.63, 3.8) is 0 Å². The van der Waals surface area contributed by atoms with Gasteiger partial charge in [0, 0.05) is 19.3 Å². The fourth-order valence-corrected chi connectivity index (χ4v) is 2.15. The van der Waals surface area contributed by atoms with Gasteiger partial charge in [-0.3, -0.25) is 14.8 Å². The number of nitrogens with two attached hydrogens (primary N) is 1. The van der Waals surface area contributed by atoms with Gasteiger partial charge in [0.25, 0.3) is 0 Å². The molecule has 0 fully saturated rings. The van der Waals surface area contributed by atoms with Gasteiger partial charge in [-0.05, 0) is 6.07 Å². The summed E-state index contributed by atoms with van der Waals surface area (Å²) >= 11 is 1.16. The summed E-state index contributed by atoms with van der Waals surface area (Å²) in [6, 6.07) is 2.76. The summed E-state index contributed by atoms with van der Waals surface area (Å²) < 4.78 is 1.61. The van der Waals surface area contributed by atoms with Gasteiger partial charge in [-0.1, -0.05) is 11.8 Å². The molecule has 0 bridgehead atoms. The Kier molecular flexibility index (Phi) is 2.96. The lowest BCUT2D eigenvalue weighted by molar-refractivity contribution is -0.388. The van der Waals surface area contributed by atoms with E-state index in [0.717, 1.165) is 16.7 Å². The molecular formula is C9H9N5O2S. The molecule has 0 aromatic carbocycles. The van der Waals surface area contributed by atoms with E-state index in [9.17, 15) is 10.1 Å². The minimum atomic E-state index is -0.481. The molecule has 2 aromatic rings. The molecule has 2 heterocycles. The molecule has 2 rings (SSSR count). The zero-order valence-electron chi connectivity index (χ0n) is 8.90. The Balaban J connectivity index is 2.37. The van der Waals surface area contributed by atoms with Crippen molar-refractivity contribution in [2.75, 3.05) is 5.73 Å². The topological polar surface area (TPSA) is 99.9 Å². The van der Waals surface area contributed by atoms with Crippen LogP contribution in [0.4, 0.5) is 11.5 Å². The van der Waals surface area contributed by atoms with Crippen LogP contribution < -0.4 is 5.73 Å². The van der Waals surface area contributed by atoms with Crippen molar-refractivity contribution in [2.45, 2.75) is 9.92 Å². The van der Waals surface area contributed by atoms with Gasteiger partial charge in [-0.25, -0.2) is 4.98 Å². The van der Waals surface area contributed by atoms with Crippen LogP contribution >= 0.6 is 11.8 Å². The summed E-state index contributed by atoms with van der Waals surface area (Å²) in [5.74, 6) is 0.252. The van der Waals surface area contributed by atoms with Gasteiger partial charge in [0.2, 0.25) is 0 Å². The minimum absolute atomic E-state index is 0.0620. The monoisotopic (exact) mass is 251 g/mol. The van der Waals surface area contributed by atoms with Crippen LogP contribution in [0.2, 0.25) is 0 Å². The van der Waals surface area contributed by atoms with Crippen molar-refractivity contribution in [3.8, 4) is 0 Å². The van der Waals surface area contributed by atoms with Crippen LogP contribution in [0.1, 0.15) is 0 Å². The van der Waals surface area contributed by atoms with E-state index >= 15 is 0 Å². The fourth-order valence-electron chi connectivity index (χ4n) is 1.22. The molecule has 2 N–H and O–H groups in total. The molecule has 17 heavy (non-hydrogen) atoms. The maximum Gasteiger partial charge on any atom is 0.301 e. The largest absolute Gasteiger partial charge is 0.384 e. The Morgan fingerprint density at radius 3 is 2.88 bits per heavy atom. The van der Waals surface area contributed by atoms with E-state index in [0.29, 0.717) is 0 Å². The first-order valence-electron chi connectivity index (χ1n) is 4.63. The lowest BCUT2D eigenvalue weighted by Crippen LogP contribution is -1.96. The van der Waals surface area contributed by atoms with Gasteiger partial charge in [0.05, 0.1) is 16.0 Å². The maximum absolute atomic E-state index is 10.8. The first kappa shape index (κ1) is 11.4. The number of hydrogen-bond donors (Lipinski definition) is 1. The predicted octanol–water partition coefficient (Wildman–Crippen LogP) is 1.46. The number of hydrogen-bond acceptors (Lipinski definition) is 6. The number of nitrogens with zero attached hydrogens (tertiary/aromatic N) is 4. The van der Waals surface area contributed by atoms with Crippen molar-refractivity contribution in [3.05, 3.63) is 34.6 Å². The Morgan fingerprint density at radius 1 is 1.53 bits per heavy atom. The predicted molar refractivity (Wildman–Crippen MR) is 62.6 cm³/mol. The van der Waals surface area contributed by atoms with Gasteiger partial charge in [0.1, 0.15) is 5.82 Å². The van der Waals surface area contributed by atoms with E-state index in [1.54, 1.807) is 24.1 Å². The molecule has 0 saturated heterocycles. The number of nitrogen functional groups attached to an aromatic ring is 1. The molecule has 0 radical (unpaired) electrons. The summed E-state index contributed by atoms with van der Waals surface area (Å²) in [6.45, 7) is 0. The molecule has 0 aliphatic heterocycles. The second-order valence-electron chi connectivity index (χ2n) is 3.27. The Bertz CT molecular complexity index is 568. The zero-order valence-corrected chi connectivity index (χ0v) is 9.72. The molecule has 88 valence electrons. The van der Waals surface area contributed by atoms with Crippen LogP contribution in [0, 0.1) is 10.1 Å². The fraction of sp³-hybridized carbons (Fsp3) is 0.111. The number of aryl methyl sites for hydroxylation is 1. The van der Waals surface area contributed by atoms with Crippen LogP contribution in [0.5, 0.6) is 0 Å². The number of anilines is 1.